The van der Waals surface area contributed by atoms with Gasteiger partial charge in [-0.3, -0.25) is 0 Å². The van der Waals surface area contributed by atoms with Crippen LogP contribution in [0.4, 0.5) is 0 Å². The summed E-state index contributed by atoms with van der Waals surface area (Å²) in [6.45, 7) is 8.16. The number of nitrogens with zero attached hydrogens (tertiary/aromatic N) is 1. The second kappa shape index (κ2) is 6.35. The first-order chi connectivity index (χ1) is 6.36. The highest BCUT2D eigenvalue weighted by Gasteiger charge is 2.17. The molecule has 0 aliphatic carbocycles. The van der Waals surface area contributed by atoms with Gasteiger partial charge in [-0.05, 0) is 38.4 Å². The number of likely N-dealkylation sites (N-methyl/N-ethyl adjacent to an activating group) is 1. The lowest BCUT2D eigenvalue weighted by Crippen LogP contribution is -2.38. The SMILES string of the molecule is CCNCCN1CCC(CO)CC1. The van der Waals surface area contributed by atoms with E-state index in [0.29, 0.717) is 12.5 Å². The molecule has 1 saturated heterocycles. The molecule has 3 nitrogen and oxygen atoms in total. The van der Waals surface area contributed by atoms with Crippen LogP contribution in [0.15, 0.2) is 0 Å². The third-order valence-electron chi connectivity index (χ3n) is 2.82. The van der Waals surface area contributed by atoms with Gasteiger partial charge in [0.2, 0.25) is 0 Å². The maximum absolute atomic E-state index is 8.96. The largest absolute Gasteiger partial charge is 0.396 e. The van der Waals surface area contributed by atoms with Crippen LogP contribution < -0.4 is 5.32 Å². The fourth-order valence-electron chi connectivity index (χ4n) is 1.81. The van der Waals surface area contributed by atoms with Gasteiger partial charge >= 0.3 is 0 Å². The second-order valence-electron chi connectivity index (χ2n) is 3.82. The molecular weight excluding hydrogens is 164 g/mol. The summed E-state index contributed by atoms with van der Waals surface area (Å²) in [5.41, 5.74) is 0. The van der Waals surface area contributed by atoms with Crippen molar-refractivity contribution in [1.82, 2.24) is 10.2 Å². The maximum Gasteiger partial charge on any atom is 0.0460 e. The monoisotopic (exact) mass is 186 g/mol. The summed E-state index contributed by atoms with van der Waals surface area (Å²) >= 11 is 0. The Morgan fingerprint density at radius 3 is 2.62 bits per heavy atom. The molecule has 0 saturated carbocycles. The zero-order chi connectivity index (χ0) is 9.52. The van der Waals surface area contributed by atoms with Crippen LogP contribution in [-0.2, 0) is 0 Å². The van der Waals surface area contributed by atoms with Crippen molar-refractivity contribution in [3.8, 4) is 0 Å². The third kappa shape index (κ3) is 4.07. The smallest absolute Gasteiger partial charge is 0.0460 e. The minimum atomic E-state index is 0.376. The van der Waals surface area contributed by atoms with Gasteiger partial charge in [0, 0.05) is 19.7 Å². The van der Waals surface area contributed by atoms with Crippen LogP contribution in [0.25, 0.3) is 0 Å². The summed E-state index contributed by atoms with van der Waals surface area (Å²) in [6, 6.07) is 0. The first kappa shape index (κ1) is 11.0. The Kier molecular flexibility index (Phi) is 5.35. The molecule has 0 amide bonds. The van der Waals surface area contributed by atoms with E-state index in [2.05, 4.69) is 17.1 Å². The van der Waals surface area contributed by atoms with Crippen LogP contribution >= 0.6 is 0 Å². The summed E-state index contributed by atoms with van der Waals surface area (Å²) in [7, 11) is 0. The molecule has 2 N–H and O–H groups in total. The highest BCUT2D eigenvalue weighted by atomic mass is 16.3. The van der Waals surface area contributed by atoms with Gasteiger partial charge in [-0.25, -0.2) is 0 Å². The number of hydrogen-bond acceptors (Lipinski definition) is 3. The van der Waals surface area contributed by atoms with E-state index in [-0.39, 0.29) is 0 Å². The summed E-state index contributed by atoms with van der Waals surface area (Å²) in [5.74, 6) is 0.565. The molecule has 0 bridgehead atoms. The van der Waals surface area contributed by atoms with Crippen molar-refractivity contribution in [2.24, 2.45) is 5.92 Å². The van der Waals surface area contributed by atoms with E-state index < -0.39 is 0 Å². The molecule has 1 aliphatic heterocycles. The summed E-state index contributed by atoms with van der Waals surface area (Å²) in [4.78, 5) is 2.48. The molecule has 1 rings (SSSR count). The molecule has 0 unspecified atom stereocenters. The first-order valence-corrected chi connectivity index (χ1v) is 5.40. The Morgan fingerprint density at radius 2 is 2.08 bits per heavy atom. The first-order valence-electron chi connectivity index (χ1n) is 5.40. The molecular formula is C10H22N2O. The maximum atomic E-state index is 8.96. The van der Waals surface area contributed by atoms with Crippen LogP contribution in [0.2, 0.25) is 0 Å². The third-order valence-corrected chi connectivity index (χ3v) is 2.82. The van der Waals surface area contributed by atoms with Crippen LogP contribution in [0.3, 0.4) is 0 Å². The fourth-order valence-corrected chi connectivity index (χ4v) is 1.81. The Balaban J connectivity index is 2.03. The van der Waals surface area contributed by atoms with Crippen LogP contribution in [0.5, 0.6) is 0 Å². The zero-order valence-electron chi connectivity index (χ0n) is 8.63. The summed E-state index contributed by atoms with van der Waals surface area (Å²) < 4.78 is 0. The van der Waals surface area contributed by atoms with Gasteiger partial charge in [0.15, 0.2) is 0 Å². The number of hydrogen-bond donors (Lipinski definition) is 2. The van der Waals surface area contributed by atoms with Gasteiger partial charge < -0.3 is 15.3 Å². The highest BCUT2D eigenvalue weighted by molar-refractivity contribution is 4.71. The lowest BCUT2D eigenvalue weighted by Gasteiger charge is -2.30. The molecule has 0 radical (unpaired) electrons. The predicted octanol–water partition coefficient (Wildman–Crippen LogP) is 0.300. The van der Waals surface area contributed by atoms with Crippen molar-refractivity contribution < 1.29 is 5.11 Å². The van der Waals surface area contributed by atoms with E-state index in [4.69, 9.17) is 5.11 Å². The standard InChI is InChI=1S/C10H22N2O/c1-2-11-5-8-12-6-3-10(9-13)4-7-12/h10-11,13H,2-9H2,1H3. The normalized spacial score (nSPS) is 20.8. The van der Waals surface area contributed by atoms with E-state index in [1.54, 1.807) is 0 Å². The Hall–Kier alpha value is -0.120. The summed E-state index contributed by atoms with van der Waals surface area (Å²) in [5, 5.41) is 12.3. The molecule has 1 fully saturated rings. The van der Waals surface area contributed by atoms with E-state index in [1.165, 1.54) is 12.8 Å². The lowest BCUT2D eigenvalue weighted by atomic mass is 9.98. The Morgan fingerprint density at radius 1 is 1.38 bits per heavy atom. The van der Waals surface area contributed by atoms with Crippen molar-refractivity contribution in [2.45, 2.75) is 19.8 Å². The van der Waals surface area contributed by atoms with Crippen molar-refractivity contribution >= 4 is 0 Å². The Bertz CT molecular complexity index is 119. The molecule has 13 heavy (non-hydrogen) atoms. The van der Waals surface area contributed by atoms with Crippen molar-refractivity contribution in [2.75, 3.05) is 39.3 Å². The number of piperidine rings is 1. The topological polar surface area (TPSA) is 35.5 Å². The number of rotatable bonds is 5. The lowest BCUT2D eigenvalue weighted by molar-refractivity contribution is 0.132. The van der Waals surface area contributed by atoms with Gasteiger partial charge in [-0.2, -0.15) is 0 Å². The van der Waals surface area contributed by atoms with Gasteiger partial charge in [0.05, 0.1) is 0 Å². The van der Waals surface area contributed by atoms with Gasteiger partial charge in [0.1, 0.15) is 0 Å². The minimum Gasteiger partial charge on any atom is -0.396 e. The van der Waals surface area contributed by atoms with Crippen LogP contribution in [0.1, 0.15) is 19.8 Å². The molecule has 78 valence electrons. The second-order valence-corrected chi connectivity index (χ2v) is 3.82. The minimum absolute atomic E-state index is 0.376. The zero-order valence-corrected chi connectivity index (χ0v) is 8.63. The summed E-state index contributed by atoms with van der Waals surface area (Å²) in [6.07, 6.45) is 2.34. The predicted molar refractivity (Wildman–Crippen MR) is 54.8 cm³/mol. The molecule has 1 heterocycles. The Labute approximate surface area is 81.1 Å². The average Bonchev–Trinajstić information content (AvgIpc) is 2.19. The number of aliphatic hydroxyl groups is 1. The number of likely N-dealkylation sites (tertiary alicyclic amines) is 1. The number of aliphatic hydroxyl groups excluding tert-OH is 1. The van der Waals surface area contributed by atoms with Gasteiger partial charge in [0.25, 0.3) is 0 Å². The van der Waals surface area contributed by atoms with E-state index in [1.807, 2.05) is 0 Å². The quantitative estimate of drug-likeness (QED) is 0.606. The molecule has 0 spiro atoms. The molecule has 0 aromatic rings. The van der Waals surface area contributed by atoms with Crippen molar-refractivity contribution in [3.05, 3.63) is 0 Å². The molecule has 0 aromatic heterocycles. The van der Waals surface area contributed by atoms with Crippen molar-refractivity contribution in [1.29, 1.82) is 0 Å². The van der Waals surface area contributed by atoms with Crippen LogP contribution in [0, 0.1) is 5.92 Å². The average molecular weight is 186 g/mol. The van der Waals surface area contributed by atoms with Crippen LogP contribution in [-0.4, -0.2) is 49.3 Å². The van der Waals surface area contributed by atoms with Gasteiger partial charge in [-0.15, -0.1) is 0 Å². The molecule has 1 aliphatic rings. The number of nitrogens with one attached hydrogen (secondary N) is 1. The van der Waals surface area contributed by atoms with E-state index in [0.717, 1.165) is 32.7 Å². The molecule has 3 heteroatoms. The van der Waals surface area contributed by atoms with E-state index in [9.17, 15) is 0 Å². The highest BCUT2D eigenvalue weighted by Crippen LogP contribution is 2.15. The fraction of sp³-hybridized carbons (Fsp3) is 1.00. The molecule has 0 aromatic carbocycles. The van der Waals surface area contributed by atoms with Gasteiger partial charge in [-0.1, -0.05) is 6.92 Å². The van der Waals surface area contributed by atoms with E-state index >= 15 is 0 Å². The van der Waals surface area contributed by atoms with Crippen molar-refractivity contribution in [3.63, 3.8) is 0 Å². The molecule has 0 atom stereocenters.